The molecule has 0 fully saturated rings. The molecule has 2 heteroatoms. The fourth-order valence-electron chi connectivity index (χ4n) is 2.62. The summed E-state index contributed by atoms with van der Waals surface area (Å²) in [5.74, 6) is 1.45. The highest BCUT2D eigenvalue weighted by Gasteiger charge is 2.19. The lowest BCUT2D eigenvalue weighted by molar-refractivity contribution is 0.0953. The smallest absolute Gasteiger partial charge is 0.163 e. The first kappa shape index (κ1) is 15.7. The molecule has 106 valence electrons. The van der Waals surface area contributed by atoms with Gasteiger partial charge in [-0.15, -0.1) is 0 Å². The summed E-state index contributed by atoms with van der Waals surface area (Å²) in [4.78, 5) is 12.3. The Balaban J connectivity index is 2.73. The lowest BCUT2D eigenvalue weighted by Gasteiger charge is -2.23. The highest BCUT2D eigenvalue weighted by Crippen LogP contribution is 2.27. The van der Waals surface area contributed by atoms with E-state index in [1.165, 1.54) is 0 Å². The van der Waals surface area contributed by atoms with Crippen LogP contribution in [0, 0.1) is 18.3 Å². The van der Waals surface area contributed by atoms with Gasteiger partial charge in [-0.2, -0.15) is 0 Å². The molecule has 0 amide bonds. The Hall–Kier alpha value is -1.31. The van der Waals surface area contributed by atoms with E-state index in [1.807, 2.05) is 25.1 Å². The molecule has 0 saturated carbocycles. The van der Waals surface area contributed by atoms with E-state index in [0.717, 1.165) is 23.3 Å². The molecule has 0 aliphatic rings. The summed E-state index contributed by atoms with van der Waals surface area (Å²) in [6.07, 6.45) is 1.68. The molecule has 1 aromatic rings. The Labute approximate surface area is 117 Å². The van der Waals surface area contributed by atoms with Gasteiger partial charge in [-0.3, -0.25) is 4.79 Å². The van der Waals surface area contributed by atoms with Crippen LogP contribution in [0.2, 0.25) is 0 Å². The van der Waals surface area contributed by atoms with Gasteiger partial charge in [-0.05, 0) is 48.4 Å². The van der Waals surface area contributed by atoms with Gasteiger partial charge in [0.15, 0.2) is 5.78 Å². The van der Waals surface area contributed by atoms with Gasteiger partial charge in [0.2, 0.25) is 0 Å². The third-order valence-electron chi connectivity index (χ3n) is 3.23. The number of aryl methyl sites for hydroxylation is 1. The third kappa shape index (κ3) is 5.06. The summed E-state index contributed by atoms with van der Waals surface area (Å²) < 4.78 is 5.17. The maximum atomic E-state index is 12.3. The largest absolute Gasteiger partial charge is 0.497 e. The van der Waals surface area contributed by atoms with Gasteiger partial charge < -0.3 is 4.74 Å². The van der Waals surface area contributed by atoms with Crippen molar-refractivity contribution in [1.29, 1.82) is 0 Å². The normalized spacial score (nSPS) is 13.2. The van der Waals surface area contributed by atoms with Gasteiger partial charge in [0.25, 0.3) is 0 Å². The molecule has 0 aliphatic carbocycles. The number of carbonyl (C=O) groups is 1. The van der Waals surface area contributed by atoms with Crippen LogP contribution in [0.15, 0.2) is 18.2 Å². The highest BCUT2D eigenvalue weighted by molar-refractivity contribution is 5.97. The SMILES string of the molecule is COc1ccc(C(=O)CC(C)CC(C)(C)C)c(C)c1. The van der Waals surface area contributed by atoms with Crippen LogP contribution < -0.4 is 4.74 Å². The lowest BCUT2D eigenvalue weighted by atomic mass is 9.82. The minimum Gasteiger partial charge on any atom is -0.497 e. The number of benzene rings is 1. The minimum atomic E-state index is 0.233. The van der Waals surface area contributed by atoms with Crippen LogP contribution in [0.5, 0.6) is 5.75 Å². The Morgan fingerprint density at radius 3 is 2.42 bits per heavy atom. The molecule has 1 atom stereocenters. The average molecular weight is 262 g/mol. The van der Waals surface area contributed by atoms with Crippen LogP contribution in [0.3, 0.4) is 0 Å². The van der Waals surface area contributed by atoms with Crippen molar-refractivity contribution >= 4 is 5.78 Å². The van der Waals surface area contributed by atoms with E-state index in [2.05, 4.69) is 27.7 Å². The molecule has 1 unspecified atom stereocenters. The number of ether oxygens (including phenoxy) is 1. The van der Waals surface area contributed by atoms with Gasteiger partial charge in [-0.1, -0.05) is 27.7 Å². The molecule has 0 bridgehead atoms. The van der Waals surface area contributed by atoms with E-state index in [4.69, 9.17) is 4.74 Å². The fourth-order valence-corrected chi connectivity index (χ4v) is 2.62. The summed E-state index contributed by atoms with van der Waals surface area (Å²) in [5, 5.41) is 0. The standard InChI is InChI=1S/C17H26O2/c1-12(11-17(3,4)5)9-16(18)15-8-7-14(19-6)10-13(15)2/h7-8,10,12H,9,11H2,1-6H3. The summed E-state index contributed by atoms with van der Waals surface area (Å²) in [7, 11) is 1.64. The lowest BCUT2D eigenvalue weighted by Crippen LogP contribution is -2.15. The Bertz CT molecular complexity index is 441. The zero-order chi connectivity index (χ0) is 14.6. The van der Waals surface area contributed by atoms with Crippen LogP contribution in [-0.2, 0) is 0 Å². The summed E-state index contributed by atoms with van der Waals surface area (Å²) in [5.41, 5.74) is 2.09. The first-order valence-electron chi connectivity index (χ1n) is 6.91. The minimum absolute atomic E-state index is 0.233. The number of hydrogen-bond donors (Lipinski definition) is 0. The van der Waals surface area contributed by atoms with E-state index in [0.29, 0.717) is 12.3 Å². The topological polar surface area (TPSA) is 26.3 Å². The van der Waals surface area contributed by atoms with Crippen LogP contribution >= 0.6 is 0 Å². The molecular formula is C17H26O2. The summed E-state index contributed by atoms with van der Waals surface area (Å²) in [6, 6.07) is 5.65. The second-order valence-electron chi connectivity index (χ2n) is 6.68. The van der Waals surface area contributed by atoms with Crippen molar-refractivity contribution in [2.45, 2.75) is 47.5 Å². The van der Waals surface area contributed by atoms with Crippen molar-refractivity contribution in [3.63, 3.8) is 0 Å². The first-order chi connectivity index (χ1) is 8.73. The van der Waals surface area contributed by atoms with Gasteiger partial charge >= 0.3 is 0 Å². The molecule has 0 saturated heterocycles. The molecule has 0 N–H and O–H groups in total. The molecule has 0 aliphatic heterocycles. The summed E-state index contributed by atoms with van der Waals surface area (Å²) >= 11 is 0. The average Bonchev–Trinajstić information content (AvgIpc) is 2.25. The summed E-state index contributed by atoms with van der Waals surface area (Å²) in [6.45, 7) is 10.8. The number of hydrogen-bond acceptors (Lipinski definition) is 2. The van der Waals surface area contributed by atoms with Gasteiger partial charge in [0.05, 0.1) is 7.11 Å². The Morgan fingerprint density at radius 1 is 1.32 bits per heavy atom. The van der Waals surface area contributed by atoms with Gasteiger partial charge in [-0.25, -0.2) is 0 Å². The number of Topliss-reactive ketones (excluding diaryl/α,β-unsaturated/α-hetero) is 1. The van der Waals surface area contributed by atoms with Crippen molar-refractivity contribution in [2.75, 3.05) is 7.11 Å². The molecule has 0 aromatic heterocycles. The zero-order valence-electron chi connectivity index (χ0n) is 13.0. The maximum Gasteiger partial charge on any atom is 0.163 e. The zero-order valence-corrected chi connectivity index (χ0v) is 13.0. The fraction of sp³-hybridized carbons (Fsp3) is 0.588. The van der Waals surface area contributed by atoms with Crippen molar-refractivity contribution in [1.82, 2.24) is 0 Å². The second kappa shape index (κ2) is 6.23. The number of carbonyl (C=O) groups excluding carboxylic acids is 1. The third-order valence-corrected chi connectivity index (χ3v) is 3.23. The van der Waals surface area contributed by atoms with Crippen molar-refractivity contribution in [2.24, 2.45) is 11.3 Å². The molecule has 2 nitrogen and oxygen atoms in total. The van der Waals surface area contributed by atoms with Gasteiger partial charge in [0.1, 0.15) is 5.75 Å². The number of ketones is 1. The molecule has 0 heterocycles. The van der Waals surface area contributed by atoms with Gasteiger partial charge in [0, 0.05) is 12.0 Å². The second-order valence-corrected chi connectivity index (χ2v) is 6.68. The monoisotopic (exact) mass is 262 g/mol. The van der Waals surface area contributed by atoms with E-state index < -0.39 is 0 Å². The van der Waals surface area contributed by atoms with Crippen LogP contribution in [0.4, 0.5) is 0 Å². The molecular weight excluding hydrogens is 236 g/mol. The number of methoxy groups -OCH3 is 1. The van der Waals surface area contributed by atoms with Crippen molar-refractivity contribution in [3.8, 4) is 5.75 Å². The Kier molecular flexibility index (Phi) is 5.16. The molecule has 1 aromatic carbocycles. The van der Waals surface area contributed by atoms with Crippen LogP contribution in [-0.4, -0.2) is 12.9 Å². The predicted octanol–water partition coefficient (Wildman–Crippen LogP) is 4.65. The van der Waals surface area contributed by atoms with Crippen LogP contribution in [0.1, 0.15) is 56.5 Å². The van der Waals surface area contributed by atoms with E-state index in [-0.39, 0.29) is 11.2 Å². The maximum absolute atomic E-state index is 12.3. The van der Waals surface area contributed by atoms with Crippen molar-refractivity contribution < 1.29 is 9.53 Å². The van der Waals surface area contributed by atoms with E-state index >= 15 is 0 Å². The highest BCUT2D eigenvalue weighted by atomic mass is 16.5. The van der Waals surface area contributed by atoms with E-state index in [9.17, 15) is 4.79 Å². The first-order valence-corrected chi connectivity index (χ1v) is 6.91. The Morgan fingerprint density at radius 2 is 1.95 bits per heavy atom. The number of rotatable bonds is 5. The molecule has 1 rings (SSSR count). The molecule has 0 spiro atoms. The quantitative estimate of drug-likeness (QED) is 0.722. The van der Waals surface area contributed by atoms with E-state index in [1.54, 1.807) is 7.11 Å². The molecule has 0 radical (unpaired) electrons. The van der Waals surface area contributed by atoms with Crippen LogP contribution in [0.25, 0.3) is 0 Å². The molecule has 19 heavy (non-hydrogen) atoms. The predicted molar refractivity (Wildman–Crippen MR) is 79.9 cm³/mol. The van der Waals surface area contributed by atoms with Crippen molar-refractivity contribution in [3.05, 3.63) is 29.3 Å².